The van der Waals surface area contributed by atoms with Crippen molar-refractivity contribution in [3.8, 4) is 0 Å². The molecule has 0 saturated carbocycles. The number of carbonyl (C=O) groups is 2. The van der Waals surface area contributed by atoms with Crippen molar-refractivity contribution in [3.05, 3.63) is 41.5 Å². The Kier molecular flexibility index (Phi) is 13.7. The van der Waals surface area contributed by atoms with E-state index < -0.39 is 0 Å². The van der Waals surface area contributed by atoms with Gasteiger partial charge in [0.15, 0.2) is 5.78 Å². The second-order valence-corrected chi connectivity index (χ2v) is 6.15. The van der Waals surface area contributed by atoms with Crippen LogP contribution in [0.4, 0.5) is 0 Å². The average molecular weight is 392 g/mol. The van der Waals surface area contributed by atoms with Crippen molar-refractivity contribution < 1.29 is 23.8 Å². The molecule has 7 nitrogen and oxygen atoms in total. The van der Waals surface area contributed by atoms with E-state index in [4.69, 9.17) is 19.9 Å². The molecule has 0 aliphatic heterocycles. The molecule has 1 rings (SSSR count). The highest BCUT2D eigenvalue weighted by atomic mass is 16.5. The van der Waals surface area contributed by atoms with Gasteiger partial charge in [0.1, 0.15) is 0 Å². The van der Waals surface area contributed by atoms with Crippen molar-refractivity contribution >= 4 is 17.8 Å². The van der Waals surface area contributed by atoms with Gasteiger partial charge in [-0.3, -0.25) is 9.59 Å². The Bertz CT molecular complexity index is 587. The first-order valence-electron chi connectivity index (χ1n) is 9.63. The lowest BCUT2D eigenvalue weighted by atomic mass is 10.1. The molecule has 0 aromatic heterocycles. The molecule has 28 heavy (non-hydrogen) atoms. The molecule has 0 aliphatic rings. The minimum absolute atomic E-state index is 0.0112. The summed E-state index contributed by atoms with van der Waals surface area (Å²) in [5.41, 5.74) is 6.83. The van der Waals surface area contributed by atoms with Crippen molar-refractivity contribution in [3.63, 3.8) is 0 Å². The van der Waals surface area contributed by atoms with Gasteiger partial charge in [-0.25, -0.2) is 0 Å². The van der Waals surface area contributed by atoms with E-state index in [0.717, 1.165) is 18.4 Å². The molecule has 0 heterocycles. The second-order valence-electron chi connectivity index (χ2n) is 6.15. The SMILES string of the molecule is CC(=O)/C=C\c1ccc(C(=O)NCCCOCCOCCOCCCN)cc1. The standard InChI is InChI=1S/C21H32N2O5/c1-18(24)4-5-19-6-8-20(9-7-19)21(25)23-11-3-13-27-15-17-28-16-14-26-12-2-10-22/h4-9H,2-3,10-17,22H2,1H3,(H,23,25)/b5-4-. The van der Waals surface area contributed by atoms with Crippen LogP contribution < -0.4 is 11.1 Å². The zero-order valence-corrected chi connectivity index (χ0v) is 16.7. The highest BCUT2D eigenvalue weighted by Crippen LogP contribution is 2.06. The molecular weight excluding hydrogens is 360 g/mol. The minimum atomic E-state index is -0.125. The Morgan fingerprint density at radius 3 is 2.07 bits per heavy atom. The van der Waals surface area contributed by atoms with Crippen molar-refractivity contribution in [1.29, 1.82) is 0 Å². The van der Waals surface area contributed by atoms with Gasteiger partial charge in [0.2, 0.25) is 0 Å². The van der Waals surface area contributed by atoms with E-state index in [9.17, 15) is 9.59 Å². The maximum atomic E-state index is 12.1. The van der Waals surface area contributed by atoms with Crippen LogP contribution in [0.15, 0.2) is 30.3 Å². The maximum Gasteiger partial charge on any atom is 0.251 e. The first-order valence-corrected chi connectivity index (χ1v) is 9.63. The molecule has 0 saturated heterocycles. The van der Waals surface area contributed by atoms with E-state index in [-0.39, 0.29) is 11.7 Å². The molecule has 3 N–H and O–H groups in total. The molecule has 0 unspecified atom stereocenters. The molecular formula is C21H32N2O5. The number of ether oxygens (including phenoxy) is 3. The Balaban J connectivity index is 2.01. The fourth-order valence-electron chi connectivity index (χ4n) is 2.16. The van der Waals surface area contributed by atoms with Gasteiger partial charge in [-0.05, 0) is 50.1 Å². The summed E-state index contributed by atoms with van der Waals surface area (Å²) in [5, 5.41) is 2.86. The fraction of sp³-hybridized carbons (Fsp3) is 0.524. The Labute approximate surface area is 167 Å². The third-order valence-electron chi connectivity index (χ3n) is 3.67. The van der Waals surface area contributed by atoms with Crippen molar-refractivity contribution in [2.24, 2.45) is 5.73 Å². The topological polar surface area (TPSA) is 99.9 Å². The molecule has 0 fully saturated rings. The summed E-state index contributed by atoms with van der Waals surface area (Å²) in [6.07, 6.45) is 4.81. The smallest absolute Gasteiger partial charge is 0.251 e. The molecule has 0 atom stereocenters. The number of nitrogens with two attached hydrogens (primary N) is 1. The summed E-state index contributed by atoms with van der Waals surface area (Å²) in [7, 11) is 0. The number of carbonyl (C=O) groups excluding carboxylic acids is 2. The predicted molar refractivity (Wildman–Crippen MR) is 109 cm³/mol. The third kappa shape index (κ3) is 12.3. The lowest BCUT2D eigenvalue weighted by Crippen LogP contribution is -2.25. The number of hydrogen-bond acceptors (Lipinski definition) is 6. The molecule has 0 spiro atoms. The molecule has 0 radical (unpaired) electrons. The highest BCUT2D eigenvalue weighted by molar-refractivity contribution is 5.95. The van der Waals surface area contributed by atoms with Gasteiger partial charge < -0.3 is 25.3 Å². The van der Waals surface area contributed by atoms with Crippen LogP contribution in [-0.4, -0.2) is 64.4 Å². The van der Waals surface area contributed by atoms with Crippen LogP contribution in [0.1, 0.15) is 35.7 Å². The van der Waals surface area contributed by atoms with Crippen LogP contribution >= 0.6 is 0 Å². The summed E-state index contributed by atoms with van der Waals surface area (Å²) in [6.45, 7) is 6.07. The monoisotopic (exact) mass is 392 g/mol. The zero-order valence-electron chi connectivity index (χ0n) is 16.7. The van der Waals surface area contributed by atoms with Crippen LogP contribution in [0.5, 0.6) is 0 Å². The summed E-state index contributed by atoms with van der Waals surface area (Å²) in [6, 6.07) is 7.09. The van der Waals surface area contributed by atoms with E-state index in [0.29, 0.717) is 58.3 Å². The van der Waals surface area contributed by atoms with Crippen LogP contribution in [0.2, 0.25) is 0 Å². The van der Waals surface area contributed by atoms with Crippen molar-refractivity contribution in [1.82, 2.24) is 5.32 Å². The van der Waals surface area contributed by atoms with Crippen molar-refractivity contribution in [2.75, 3.05) is 52.7 Å². The third-order valence-corrected chi connectivity index (χ3v) is 3.67. The van der Waals surface area contributed by atoms with E-state index >= 15 is 0 Å². The number of nitrogens with one attached hydrogen (secondary N) is 1. The lowest BCUT2D eigenvalue weighted by molar-refractivity contribution is -0.112. The molecule has 156 valence electrons. The highest BCUT2D eigenvalue weighted by Gasteiger charge is 2.04. The first kappa shape index (κ1) is 24.0. The largest absolute Gasteiger partial charge is 0.379 e. The quantitative estimate of drug-likeness (QED) is 0.329. The summed E-state index contributed by atoms with van der Waals surface area (Å²) >= 11 is 0. The number of ketones is 1. The maximum absolute atomic E-state index is 12.1. The average Bonchev–Trinajstić information content (AvgIpc) is 2.70. The van der Waals surface area contributed by atoms with Crippen LogP contribution in [0.25, 0.3) is 6.08 Å². The van der Waals surface area contributed by atoms with Crippen LogP contribution in [-0.2, 0) is 19.0 Å². The number of hydrogen-bond donors (Lipinski definition) is 2. The van der Waals surface area contributed by atoms with Gasteiger partial charge in [-0.15, -0.1) is 0 Å². The van der Waals surface area contributed by atoms with Gasteiger partial charge in [-0.1, -0.05) is 18.2 Å². The van der Waals surface area contributed by atoms with Crippen LogP contribution in [0, 0.1) is 0 Å². The van der Waals surface area contributed by atoms with E-state index in [1.165, 1.54) is 13.0 Å². The molecule has 0 bridgehead atoms. The fourth-order valence-corrected chi connectivity index (χ4v) is 2.16. The molecule has 1 aromatic carbocycles. The zero-order chi connectivity index (χ0) is 20.5. The number of benzene rings is 1. The minimum Gasteiger partial charge on any atom is -0.379 e. The van der Waals surface area contributed by atoms with Gasteiger partial charge in [0.25, 0.3) is 5.91 Å². The number of amides is 1. The summed E-state index contributed by atoms with van der Waals surface area (Å²) in [5.74, 6) is -0.136. The Morgan fingerprint density at radius 1 is 0.929 bits per heavy atom. The van der Waals surface area contributed by atoms with E-state index in [1.54, 1.807) is 30.3 Å². The Hall–Kier alpha value is -2.06. The number of allylic oxidation sites excluding steroid dienone is 1. The molecule has 1 aromatic rings. The summed E-state index contributed by atoms with van der Waals surface area (Å²) in [4.78, 5) is 23.0. The predicted octanol–water partition coefficient (Wildman–Crippen LogP) is 1.81. The molecule has 0 aliphatic carbocycles. The van der Waals surface area contributed by atoms with Crippen LogP contribution in [0.3, 0.4) is 0 Å². The van der Waals surface area contributed by atoms with Gasteiger partial charge in [-0.2, -0.15) is 0 Å². The molecule has 7 heteroatoms. The van der Waals surface area contributed by atoms with Crippen molar-refractivity contribution in [2.45, 2.75) is 19.8 Å². The number of rotatable bonds is 16. The normalized spacial score (nSPS) is 11.1. The lowest BCUT2D eigenvalue weighted by Gasteiger charge is -2.08. The van der Waals surface area contributed by atoms with E-state index in [1.807, 2.05) is 0 Å². The van der Waals surface area contributed by atoms with Gasteiger partial charge >= 0.3 is 0 Å². The molecule has 1 amide bonds. The van der Waals surface area contributed by atoms with Gasteiger partial charge in [0, 0.05) is 25.3 Å². The summed E-state index contributed by atoms with van der Waals surface area (Å²) < 4.78 is 16.2. The first-order chi connectivity index (χ1) is 13.6. The van der Waals surface area contributed by atoms with Gasteiger partial charge in [0.05, 0.1) is 26.4 Å². The second kappa shape index (κ2) is 15.9. The Morgan fingerprint density at radius 2 is 1.50 bits per heavy atom. The van der Waals surface area contributed by atoms with E-state index in [2.05, 4.69) is 5.32 Å².